The lowest BCUT2D eigenvalue weighted by Crippen LogP contribution is -2.56. The molecule has 2 saturated heterocycles. The number of halogens is 7. The molecule has 3 heterocycles. The summed E-state index contributed by atoms with van der Waals surface area (Å²) >= 11 is 5.37. The molecule has 1 N–H and O–H groups in total. The molecule has 2 aromatic carbocycles. The van der Waals surface area contributed by atoms with Crippen LogP contribution in [0.5, 0.6) is 5.75 Å². The van der Waals surface area contributed by atoms with Crippen molar-refractivity contribution < 1.29 is 54.6 Å². The smallest absolute Gasteiger partial charge is 0.420 e. The zero-order valence-corrected chi connectivity index (χ0v) is 34.4. The normalized spacial score (nSPS) is 17.3. The summed E-state index contributed by atoms with van der Waals surface area (Å²) in [6.07, 6.45) is -1.82. The molecule has 0 bridgehead atoms. The molecule has 2 atom stereocenters. The molecular weight excluding hydrogens is 822 g/mol. The summed E-state index contributed by atoms with van der Waals surface area (Å²) in [5.41, 5.74) is -7.05. The molecule has 60 heavy (non-hydrogen) atoms. The van der Waals surface area contributed by atoms with Crippen molar-refractivity contribution in [2.75, 3.05) is 36.2 Å². The molecule has 2 aliphatic heterocycles. The Bertz CT molecular complexity index is 2200. The molecule has 2 aliphatic rings. The van der Waals surface area contributed by atoms with Gasteiger partial charge in [-0.25, -0.2) is 17.6 Å². The number of likely N-dealkylation sites (tertiary alicyclic amines) is 1. The second-order valence-electron chi connectivity index (χ2n) is 16.0. The van der Waals surface area contributed by atoms with Gasteiger partial charge in [-0.3, -0.25) is 24.3 Å². The average molecular weight is 865 g/mol. The van der Waals surface area contributed by atoms with Gasteiger partial charge in [-0.05, 0) is 88.4 Å². The molecule has 11 nitrogen and oxygen atoms in total. The number of nitrogens with one attached hydrogen (secondary N) is 1. The molecule has 0 aliphatic carbocycles. The largest absolute Gasteiger partial charge is 0.488 e. The molecule has 19 heteroatoms. The molecule has 3 aromatic rings. The topological polar surface area (TPSA) is 128 Å². The monoisotopic (exact) mass is 864 g/mol. The number of amides is 3. The number of hydrogen-bond donors (Lipinski definition) is 1. The number of pyridine rings is 1. The Morgan fingerprint density at radius 2 is 1.70 bits per heavy atom. The predicted molar refractivity (Wildman–Crippen MR) is 210 cm³/mol. The summed E-state index contributed by atoms with van der Waals surface area (Å²) in [4.78, 5) is 46.6. The van der Waals surface area contributed by atoms with Crippen LogP contribution in [0.3, 0.4) is 0 Å². The van der Waals surface area contributed by atoms with Gasteiger partial charge in [0, 0.05) is 30.8 Å². The van der Waals surface area contributed by atoms with Crippen LogP contribution in [-0.2, 0) is 25.3 Å². The van der Waals surface area contributed by atoms with Gasteiger partial charge in [0.2, 0.25) is 11.8 Å². The van der Waals surface area contributed by atoms with Gasteiger partial charge in [0.05, 0.1) is 35.8 Å². The molecule has 0 spiro atoms. The van der Waals surface area contributed by atoms with E-state index in [2.05, 4.69) is 10.3 Å². The number of alkyl halides is 3. The lowest BCUT2D eigenvalue weighted by molar-refractivity contribution is -0.141. The van der Waals surface area contributed by atoms with Crippen molar-refractivity contribution in [1.29, 1.82) is 5.26 Å². The second kappa shape index (κ2) is 17.7. The van der Waals surface area contributed by atoms with Gasteiger partial charge in [0.1, 0.15) is 29.4 Å². The Morgan fingerprint density at radius 3 is 2.27 bits per heavy atom. The first-order valence-electron chi connectivity index (χ1n) is 18.9. The van der Waals surface area contributed by atoms with E-state index in [0.717, 1.165) is 48.2 Å². The lowest BCUT2D eigenvalue weighted by Gasteiger charge is -2.35. The zero-order valence-electron chi connectivity index (χ0n) is 33.6. The Kier molecular flexibility index (Phi) is 13.5. The molecule has 3 amide bonds. The zero-order chi connectivity index (χ0) is 44.5. The fraction of sp³-hybridized carbons (Fsp3) is 0.463. The first-order chi connectivity index (χ1) is 28.0. The van der Waals surface area contributed by atoms with Crippen LogP contribution >= 0.6 is 12.2 Å². The van der Waals surface area contributed by atoms with Gasteiger partial charge in [-0.1, -0.05) is 20.8 Å². The Labute approximate surface area is 347 Å². The summed E-state index contributed by atoms with van der Waals surface area (Å²) in [5.74, 6) is -7.66. The van der Waals surface area contributed by atoms with E-state index >= 15 is 17.6 Å². The van der Waals surface area contributed by atoms with E-state index in [1.807, 2.05) is 27.7 Å². The van der Waals surface area contributed by atoms with Crippen molar-refractivity contribution in [1.82, 2.24) is 15.2 Å². The number of unbranched alkanes of at least 4 members (excludes halogenated alkanes) is 1. The highest BCUT2D eigenvalue weighted by Gasteiger charge is 2.52. The summed E-state index contributed by atoms with van der Waals surface area (Å²) in [6, 6.07) is 4.57. The number of benzene rings is 2. The highest BCUT2D eigenvalue weighted by Crippen LogP contribution is 2.42. The van der Waals surface area contributed by atoms with Crippen LogP contribution < -0.4 is 19.9 Å². The van der Waals surface area contributed by atoms with Gasteiger partial charge >= 0.3 is 6.18 Å². The third-order valence-electron chi connectivity index (χ3n) is 10.2. The third kappa shape index (κ3) is 9.34. The number of thiocarbonyl (C=S) groups is 1. The van der Waals surface area contributed by atoms with Crippen molar-refractivity contribution in [3.8, 4) is 23.1 Å². The molecule has 1 aromatic heterocycles. The first kappa shape index (κ1) is 45.7. The molecule has 5 rings (SSSR count). The van der Waals surface area contributed by atoms with Crippen molar-refractivity contribution in [3.05, 3.63) is 70.9 Å². The highest BCUT2D eigenvalue weighted by atomic mass is 32.1. The number of hydrogen-bond acceptors (Lipinski definition) is 8. The standard InChI is InChI=1S/C41H43F7N6O5S/c1-22-10-9-13-52(22)36(56)35(39(2,3)4)51-30(55)21-58-14-7-8-15-59-34-27(43)16-24(17-28(34)44)33-26(42)18-25(20-50-33)54-38(60)53(37(57)40(54,5)6)29-12-11-23(19-49)31(32(29)45)41(46,47)48/h11-12,16-18,20,22,35H,7-10,13-15,21H2,1-6H3,(H,51,55)/t22?,35-/m1/s1. The number of aromatic nitrogens is 1. The van der Waals surface area contributed by atoms with E-state index in [9.17, 15) is 27.6 Å². The van der Waals surface area contributed by atoms with Crippen LogP contribution in [0.25, 0.3) is 11.3 Å². The van der Waals surface area contributed by atoms with Crippen LogP contribution in [0.1, 0.15) is 78.4 Å². The van der Waals surface area contributed by atoms with Crippen LogP contribution in [0.15, 0.2) is 36.5 Å². The van der Waals surface area contributed by atoms with Crippen LogP contribution in [0, 0.1) is 40.0 Å². The quantitative estimate of drug-likeness (QED) is 0.104. The third-order valence-corrected chi connectivity index (χ3v) is 10.6. The van der Waals surface area contributed by atoms with Crippen LogP contribution in [-0.4, -0.2) is 76.7 Å². The number of nitriles is 1. The van der Waals surface area contributed by atoms with E-state index in [1.165, 1.54) is 19.9 Å². The number of carbonyl (C=O) groups excluding carboxylic acids is 3. The maximum Gasteiger partial charge on any atom is 0.420 e. The Morgan fingerprint density at radius 1 is 1.05 bits per heavy atom. The lowest BCUT2D eigenvalue weighted by atomic mass is 9.85. The Balaban J connectivity index is 1.18. The first-order valence-corrected chi connectivity index (χ1v) is 19.3. The second-order valence-corrected chi connectivity index (χ2v) is 16.4. The van der Waals surface area contributed by atoms with Gasteiger partial charge < -0.3 is 24.6 Å². The van der Waals surface area contributed by atoms with Crippen molar-refractivity contribution >= 4 is 46.4 Å². The molecule has 0 saturated carbocycles. The number of anilines is 2. The molecule has 1 unspecified atom stereocenters. The van der Waals surface area contributed by atoms with Crippen molar-refractivity contribution in [2.24, 2.45) is 5.41 Å². The molecular formula is C41H43F7N6O5S. The van der Waals surface area contributed by atoms with E-state index < -0.39 is 91.6 Å². The Hall–Kier alpha value is -5.35. The van der Waals surface area contributed by atoms with E-state index in [-0.39, 0.29) is 49.4 Å². The van der Waals surface area contributed by atoms with E-state index in [1.54, 1.807) is 4.90 Å². The average Bonchev–Trinajstić information content (AvgIpc) is 3.65. The fourth-order valence-corrected chi connectivity index (χ4v) is 7.58. The van der Waals surface area contributed by atoms with Gasteiger partial charge in [-0.2, -0.15) is 18.4 Å². The van der Waals surface area contributed by atoms with E-state index in [4.69, 9.17) is 27.0 Å². The SMILES string of the molecule is CC1CCCN1C(=O)[C@@H](NC(=O)COCCCCOc1c(F)cc(-c2ncc(N3C(=S)N(c4ccc(C#N)c(C(F)(F)F)c4F)C(=O)C3(C)C)cc2F)cc1F)C(C)(C)C. The minimum absolute atomic E-state index is 0.0973. The number of nitrogens with zero attached hydrogens (tertiary/aromatic N) is 5. The molecule has 0 radical (unpaired) electrons. The summed E-state index contributed by atoms with van der Waals surface area (Å²) in [6.45, 7) is 10.5. The van der Waals surface area contributed by atoms with E-state index in [0.29, 0.717) is 23.9 Å². The minimum atomic E-state index is -5.29. The summed E-state index contributed by atoms with van der Waals surface area (Å²) in [7, 11) is 0. The predicted octanol–water partition coefficient (Wildman–Crippen LogP) is 7.83. The van der Waals surface area contributed by atoms with Crippen LogP contribution in [0.4, 0.5) is 42.1 Å². The maximum absolute atomic E-state index is 15.6. The van der Waals surface area contributed by atoms with Crippen LogP contribution in [0.2, 0.25) is 0 Å². The molecule has 322 valence electrons. The fourth-order valence-electron chi connectivity index (χ4n) is 7.07. The molecule has 2 fully saturated rings. The van der Waals surface area contributed by atoms with Gasteiger partial charge in [0.25, 0.3) is 5.91 Å². The van der Waals surface area contributed by atoms with Crippen molar-refractivity contribution in [3.63, 3.8) is 0 Å². The summed E-state index contributed by atoms with van der Waals surface area (Å²) < 4.78 is 113. The summed E-state index contributed by atoms with van der Waals surface area (Å²) in [5, 5.41) is 11.4. The van der Waals surface area contributed by atoms with Gasteiger partial charge in [0.15, 0.2) is 34.1 Å². The minimum Gasteiger partial charge on any atom is -0.488 e. The number of ether oxygens (including phenoxy) is 2. The highest BCUT2D eigenvalue weighted by molar-refractivity contribution is 7.81. The maximum atomic E-state index is 15.6. The van der Waals surface area contributed by atoms with Crippen molar-refractivity contribution in [2.45, 2.75) is 91.0 Å². The number of rotatable bonds is 13. The van der Waals surface area contributed by atoms with Gasteiger partial charge in [-0.15, -0.1) is 0 Å². The number of carbonyl (C=O) groups is 3.